The third-order valence-electron chi connectivity index (χ3n) is 3.36. The Morgan fingerprint density at radius 2 is 1.86 bits per heavy atom. The number of aliphatic hydroxyl groups is 1. The van der Waals surface area contributed by atoms with Gasteiger partial charge in [0.05, 0.1) is 12.3 Å². The number of rotatable bonds is 5. The highest BCUT2D eigenvalue weighted by Crippen LogP contribution is 2.32. The molecule has 1 N–H and O–H groups in total. The summed E-state index contributed by atoms with van der Waals surface area (Å²) in [5.41, 5.74) is 2.41. The summed E-state index contributed by atoms with van der Waals surface area (Å²) in [6.07, 6.45) is 0. The van der Waals surface area contributed by atoms with Gasteiger partial charge in [0.1, 0.15) is 4.21 Å². The van der Waals surface area contributed by atoms with Gasteiger partial charge in [0.2, 0.25) is 0 Å². The van der Waals surface area contributed by atoms with Crippen LogP contribution in [0.4, 0.5) is 5.69 Å². The molecule has 1 aromatic carbocycles. The minimum absolute atomic E-state index is 0.136. The first kappa shape index (κ1) is 16.0. The van der Waals surface area contributed by atoms with Gasteiger partial charge >= 0.3 is 0 Å². The number of sulfonamides is 1. The maximum atomic E-state index is 12.9. The summed E-state index contributed by atoms with van der Waals surface area (Å²) in [7, 11) is -3.60. The Bertz CT molecular complexity index is 735. The smallest absolute Gasteiger partial charge is 0.273 e. The quantitative estimate of drug-likeness (QED) is 0.919. The van der Waals surface area contributed by atoms with E-state index >= 15 is 0 Å². The van der Waals surface area contributed by atoms with Crippen molar-refractivity contribution >= 4 is 27.0 Å². The predicted octanol–water partition coefficient (Wildman–Crippen LogP) is 3.07. The molecule has 0 atom stereocenters. The van der Waals surface area contributed by atoms with Crippen LogP contribution in [-0.4, -0.2) is 20.1 Å². The third kappa shape index (κ3) is 2.97. The SMILES string of the molecule is CCN(c1ccccc1C)S(=O)(=O)c1cc(C)c(CO)s1. The second kappa shape index (κ2) is 6.17. The Balaban J connectivity index is 2.52. The largest absolute Gasteiger partial charge is 0.391 e. The fourth-order valence-corrected chi connectivity index (χ4v) is 5.30. The molecule has 21 heavy (non-hydrogen) atoms. The van der Waals surface area contributed by atoms with Crippen molar-refractivity contribution < 1.29 is 13.5 Å². The van der Waals surface area contributed by atoms with Crippen LogP contribution in [0.3, 0.4) is 0 Å². The number of nitrogens with zero attached hydrogens (tertiary/aromatic N) is 1. The summed E-state index contributed by atoms with van der Waals surface area (Å²) < 4.78 is 27.4. The van der Waals surface area contributed by atoms with Crippen molar-refractivity contribution in [1.82, 2.24) is 0 Å². The standard InChI is InChI=1S/C15H19NO3S2/c1-4-16(13-8-6-5-7-11(13)2)21(18,19)15-9-12(3)14(10-17)20-15/h5-9,17H,4,10H2,1-3H3. The third-order valence-corrected chi connectivity index (χ3v) is 6.92. The molecular formula is C15H19NO3S2. The molecular weight excluding hydrogens is 306 g/mol. The number of hydrogen-bond donors (Lipinski definition) is 1. The molecule has 6 heteroatoms. The minimum Gasteiger partial charge on any atom is -0.391 e. The Hall–Kier alpha value is -1.37. The molecule has 0 bridgehead atoms. The highest BCUT2D eigenvalue weighted by atomic mass is 32.2. The Kier molecular flexibility index (Phi) is 4.70. The van der Waals surface area contributed by atoms with Gasteiger partial charge in [-0.3, -0.25) is 4.31 Å². The normalized spacial score (nSPS) is 11.6. The molecule has 0 unspecified atom stereocenters. The van der Waals surface area contributed by atoms with Gasteiger partial charge < -0.3 is 5.11 Å². The topological polar surface area (TPSA) is 57.6 Å². The van der Waals surface area contributed by atoms with Gasteiger partial charge in [-0.25, -0.2) is 8.42 Å². The second-order valence-electron chi connectivity index (χ2n) is 4.79. The Morgan fingerprint density at radius 3 is 2.38 bits per heavy atom. The van der Waals surface area contributed by atoms with Crippen molar-refractivity contribution in [3.05, 3.63) is 46.3 Å². The summed E-state index contributed by atoms with van der Waals surface area (Å²) in [5, 5.41) is 9.26. The van der Waals surface area contributed by atoms with Gasteiger partial charge in [-0.05, 0) is 44.0 Å². The lowest BCUT2D eigenvalue weighted by Crippen LogP contribution is -2.30. The number of anilines is 1. The van der Waals surface area contributed by atoms with E-state index in [1.54, 1.807) is 6.07 Å². The zero-order valence-corrected chi connectivity index (χ0v) is 14.0. The second-order valence-corrected chi connectivity index (χ2v) is 8.01. The molecule has 0 fully saturated rings. The molecule has 0 radical (unpaired) electrons. The molecule has 0 aliphatic heterocycles. The molecule has 2 rings (SSSR count). The summed E-state index contributed by atoms with van der Waals surface area (Å²) >= 11 is 1.13. The zero-order chi connectivity index (χ0) is 15.6. The number of aryl methyl sites for hydroxylation is 2. The van der Waals surface area contributed by atoms with Gasteiger partial charge in [0.15, 0.2) is 0 Å². The van der Waals surface area contributed by atoms with Crippen LogP contribution in [0.5, 0.6) is 0 Å². The number of hydrogen-bond acceptors (Lipinski definition) is 4. The van der Waals surface area contributed by atoms with Crippen molar-refractivity contribution in [3.63, 3.8) is 0 Å². The van der Waals surface area contributed by atoms with E-state index in [0.717, 1.165) is 22.5 Å². The lowest BCUT2D eigenvalue weighted by Gasteiger charge is -2.23. The minimum atomic E-state index is -3.60. The molecule has 0 saturated carbocycles. The van der Waals surface area contributed by atoms with Gasteiger partial charge in [0, 0.05) is 11.4 Å². The van der Waals surface area contributed by atoms with E-state index in [4.69, 9.17) is 0 Å². The van der Waals surface area contributed by atoms with Crippen molar-refractivity contribution in [2.75, 3.05) is 10.8 Å². The fraction of sp³-hybridized carbons (Fsp3) is 0.333. The summed E-state index contributed by atoms with van der Waals surface area (Å²) in [6.45, 7) is 5.75. The number of para-hydroxylation sites is 1. The number of benzene rings is 1. The van der Waals surface area contributed by atoms with E-state index in [2.05, 4.69) is 0 Å². The fourth-order valence-electron chi connectivity index (χ4n) is 2.19. The van der Waals surface area contributed by atoms with E-state index in [0.29, 0.717) is 17.1 Å². The van der Waals surface area contributed by atoms with Crippen LogP contribution < -0.4 is 4.31 Å². The van der Waals surface area contributed by atoms with Crippen LogP contribution >= 0.6 is 11.3 Å². The van der Waals surface area contributed by atoms with Crippen LogP contribution in [0.1, 0.15) is 22.9 Å². The number of aliphatic hydroxyl groups excluding tert-OH is 1. The molecule has 0 aliphatic rings. The Labute approximate surface area is 129 Å². The van der Waals surface area contributed by atoms with Crippen LogP contribution in [0, 0.1) is 13.8 Å². The summed E-state index contributed by atoms with van der Waals surface area (Å²) in [4.78, 5) is 0.689. The van der Waals surface area contributed by atoms with E-state index in [1.165, 1.54) is 4.31 Å². The first-order chi connectivity index (χ1) is 9.91. The predicted molar refractivity (Wildman–Crippen MR) is 86.4 cm³/mol. The molecule has 1 aromatic heterocycles. The summed E-state index contributed by atoms with van der Waals surface area (Å²) in [5.74, 6) is 0. The highest BCUT2D eigenvalue weighted by Gasteiger charge is 2.27. The first-order valence-electron chi connectivity index (χ1n) is 6.70. The number of thiophene rings is 1. The van der Waals surface area contributed by atoms with Crippen LogP contribution in [0.15, 0.2) is 34.5 Å². The molecule has 0 aliphatic carbocycles. The molecule has 2 aromatic rings. The van der Waals surface area contributed by atoms with Crippen molar-refractivity contribution in [2.24, 2.45) is 0 Å². The van der Waals surface area contributed by atoms with Crippen molar-refractivity contribution in [2.45, 2.75) is 31.6 Å². The molecule has 1 heterocycles. The Morgan fingerprint density at radius 1 is 1.19 bits per heavy atom. The molecule has 0 amide bonds. The lowest BCUT2D eigenvalue weighted by molar-refractivity contribution is 0.285. The van der Waals surface area contributed by atoms with E-state index in [1.807, 2.05) is 45.0 Å². The molecule has 0 spiro atoms. The van der Waals surface area contributed by atoms with Gasteiger partial charge in [-0.1, -0.05) is 18.2 Å². The van der Waals surface area contributed by atoms with E-state index in [-0.39, 0.29) is 10.8 Å². The first-order valence-corrected chi connectivity index (χ1v) is 8.96. The van der Waals surface area contributed by atoms with Crippen LogP contribution in [0.25, 0.3) is 0 Å². The summed E-state index contributed by atoms with van der Waals surface area (Å²) in [6, 6.07) is 9.06. The highest BCUT2D eigenvalue weighted by molar-refractivity contribution is 7.94. The zero-order valence-electron chi connectivity index (χ0n) is 12.3. The van der Waals surface area contributed by atoms with E-state index in [9.17, 15) is 13.5 Å². The van der Waals surface area contributed by atoms with Crippen molar-refractivity contribution in [1.29, 1.82) is 0 Å². The lowest BCUT2D eigenvalue weighted by atomic mass is 10.2. The van der Waals surface area contributed by atoms with Crippen LogP contribution in [-0.2, 0) is 16.6 Å². The monoisotopic (exact) mass is 325 g/mol. The molecule has 114 valence electrons. The molecule has 0 saturated heterocycles. The average molecular weight is 325 g/mol. The van der Waals surface area contributed by atoms with Crippen LogP contribution in [0.2, 0.25) is 0 Å². The van der Waals surface area contributed by atoms with Gasteiger partial charge in [0.25, 0.3) is 10.0 Å². The maximum absolute atomic E-state index is 12.9. The molecule has 4 nitrogen and oxygen atoms in total. The van der Waals surface area contributed by atoms with Gasteiger partial charge in [-0.2, -0.15) is 0 Å². The maximum Gasteiger partial charge on any atom is 0.273 e. The van der Waals surface area contributed by atoms with Crippen molar-refractivity contribution in [3.8, 4) is 0 Å². The van der Waals surface area contributed by atoms with E-state index < -0.39 is 10.0 Å². The average Bonchev–Trinajstić information content (AvgIpc) is 2.83. The van der Waals surface area contributed by atoms with Gasteiger partial charge in [-0.15, -0.1) is 11.3 Å².